The van der Waals surface area contributed by atoms with E-state index >= 15 is 0 Å². The van der Waals surface area contributed by atoms with E-state index in [1.54, 1.807) is 0 Å². The molecule has 1 aromatic rings. The Balaban J connectivity index is 2.84. The van der Waals surface area contributed by atoms with E-state index in [2.05, 4.69) is 24.1 Å². The summed E-state index contributed by atoms with van der Waals surface area (Å²) in [5, 5.41) is 3.05. The second kappa shape index (κ2) is 6.94. The van der Waals surface area contributed by atoms with Gasteiger partial charge in [0.1, 0.15) is 0 Å². The number of nitrogens with two attached hydrogens (primary N) is 1. The van der Waals surface area contributed by atoms with Gasteiger partial charge in [0.15, 0.2) is 0 Å². The molecule has 0 saturated heterocycles. The van der Waals surface area contributed by atoms with Crippen molar-refractivity contribution in [2.75, 3.05) is 5.73 Å². The van der Waals surface area contributed by atoms with Crippen LogP contribution in [0.4, 0.5) is 5.69 Å². The lowest BCUT2D eigenvalue weighted by molar-refractivity contribution is -0.128. The number of nitrogens with one attached hydrogen (secondary N) is 1. The van der Waals surface area contributed by atoms with E-state index in [1.807, 2.05) is 52.0 Å². The third-order valence-electron chi connectivity index (χ3n) is 3.35. The Kier molecular flexibility index (Phi) is 5.78. The topological polar surface area (TPSA) is 58.4 Å². The third kappa shape index (κ3) is 5.76. The molecule has 1 aromatic carbocycles. The molecule has 0 saturated carbocycles. The van der Waals surface area contributed by atoms with Gasteiger partial charge < -0.3 is 11.1 Å². The van der Waals surface area contributed by atoms with Gasteiger partial charge in [0.2, 0.25) is 5.91 Å². The summed E-state index contributed by atoms with van der Waals surface area (Å²) in [6, 6.07) is 7.91. The highest BCUT2D eigenvalue weighted by Gasteiger charge is 2.26. The van der Waals surface area contributed by atoms with Crippen LogP contribution in [0.2, 0.25) is 0 Å². The summed E-state index contributed by atoms with van der Waals surface area (Å²) in [7, 11) is 0. The van der Waals surface area contributed by atoms with E-state index in [1.165, 1.54) is 0 Å². The molecule has 4 heteroatoms. The lowest BCUT2D eigenvalue weighted by Crippen LogP contribution is -2.52. The van der Waals surface area contributed by atoms with Crippen LogP contribution in [-0.4, -0.2) is 28.4 Å². The molecule has 1 rings (SSSR count). The molecule has 0 spiro atoms. The maximum absolute atomic E-state index is 12.4. The van der Waals surface area contributed by atoms with Crippen molar-refractivity contribution in [3.8, 4) is 0 Å². The first-order valence-electron chi connectivity index (χ1n) is 7.52. The van der Waals surface area contributed by atoms with E-state index < -0.39 is 0 Å². The molecular weight excluding hydrogens is 262 g/mol. The average Bonchev–Trinajstić information content (AvgIpc) is 2.32. The molecule has 21 heavy (non-hydrogen) atoms. The van der Waals surface area contributed by atoms with Crippen LogP contribution in [0.1, 0.15) is 47.1 Å². The second-order valence-electron chi connectivity index (χ2n) is 6.93. The van der Waals surface area contributed by atoms with Crippen molar-refractivity contribution >= 4 is 11.6 Å². The highest BCUT2D eigenvalue weighted by molar-refractivity contribution is 5.82. The number of benzene rings is 1. The summed E-state index contributed by atoms with van der Waals surface area (Å²) in [6.45, 7) is 12.9. The van der Waals surface area contributed by atoms with E-state index in [0.29, 0.717) is 6.54 Å². The molecule has 0 radical (unpaired) electrons. The van der Waals surface area contributed by atoms with Crippen molar-refractivity contribution in [1.29, 1.82) is 0 Å². The maximum Gasteiger partial charge on any atom is 0.237 e. The first-order valence-corrected chi connectivity index (χ1v) is 7.52. The number of amides is 1. The van der Waals surface area contributed by atoms with Crippen LogP contribution in [-0.2, 0) is 11.3 Å². The van der Waals surface area contributed by atoms with Crippen molar-refractivity contribution in [3.05, 3.63) is 29.8 Å². The molecule has 0 bridgehead atoms. The molecule has 0 aliphatic heterocycles. The summed E-state index contributed by atoms with van der Waals surface area (Å²) < 4.78 is 0. The van der Waals surface area contributed by atoms with Crippen LogP contribution in [0.15, 0.2) is 24.3 Å². The summed E-state index contributed by atoms with van der Waals surface area (Å²) >= 11 is 0. The lowest BCUT2D eigenvalue weighted by atomic mass is 10.1. The largest absolute Gasteiger partial charge is 0.399 e. The maximum atomic E-state index is 12.4. The minimum absolute atomic E-state index is 0.0557. The van der Waals surface area contributed by atoms with Crippen molar-refractivity contribution < 1.29 is 4.79 Å². The predicted molar refractivity (Wildman–Crippen MR) is 88.9 cm³/mol. The van der Waals surface area contributed by atoms with Gasteiger partial charge in [-0.2, -0.15) is 0 Å². The Morgan fingerprint density at radius 3 is 2.38 bits per heavy atom. The van der Waals surface area contributed by atoms with Crippen molar-refractivity contribution in [2.24, 2.45) is 0 Å². The van der Waals surface area contributed by atoms with E-state index in [-0.39, 0.29) is 23.5 Å². The van der Waals surface area contributed by atoms with Crippen LogP contribution >= 0.6 is 0 Å². The molecular formula is C17H29N3O. The monoisotopic (exact) mass is 291 g/mol. The quantitative estimate of drug-likeness (QED) is 0.820. The van der Waals surface area contributed by atoms with Gasteiger partial charge in [-0.05, 0) is 59.2 Å². The lowest BCUT2D eigenvalue weighted by Gasteiger charge is -2.34. The van der Waals surface area contributed by atoms with Gasteiger partial charge in [0, 0.05) is 23.8 Å². The van der Waals surface area contributed by atoms with Gasteiger partial charge in [0.25, 0.3) is 0 Å². The van der Waals surface area contributed by atoms with E-state index in [9.17, 15) is 4.79 Å². The van der Waals surface area contributed by atoms with E-state index in [0.717, 1.165) is 11.3 Å². The van der Waals surface area contributed by atoms with Gasteiger partial charge in [0.05, 0.1) is 6.04 Å². The summed E-state index contributed by atoms with van der Waals surface area (Å²) in [5.74, 6) is 0.0557. The number of rotatable bonds is 5. The molecule has 0 aliphatic rings. The zero-order valence-electron chi connectivity index (χ0n) is 14.1. The minimum atomic E-state index is -0.217. The fraction of sp³-hybridized carbons (Fsp3) is 0.588. The highest BCUT2D eigenvalue weighted by Crippen LogP contribution is 2.15. The minimum Gasteiger partial charge on any atom is -0.399 e. The van der Waals surface area contributed by atoms with Crippen LogP contribution in [0.3, 0.4) is 0 Å². The highest BCUT2D eigenvalue weighted by atomic mass is 16.2. The SMILES string of the molecule is CC(C)N(Cc1cccc(N)c1)C(C)C(=O)NC(C)(C)C. The number of carbonyl (C=O) groups is 1. The molecule has 0 fully saturated rings. The Hall–Kier alpha value is -1.55. The number of hydrogen-bond acceptors (Lipinski definition) is 3. The number of anilines is 1. The van der Waals surface area contributed by atoms with Gasteiger partial charge >= 0.3 is 0 Å². The zero-order chi connectivity index (χ0) is 16.2. The first-order chi connectivity index (χ1) is 9.60. The van der Waals surface area contributed by atoms with Gasteiger partial charge in [-0.1, -0.05) is 12.1 Å². The smallest absolute Gasteiger partial charge is 0.237 e. The summed E-state index contributed by atoms with van der Waals surface area (Å²) in [5.41, 5.74) is 7.49. The number of nitrogens with zero attached hydrogens (tertiary/aromatic N) is 1. The molecule has 118 valence electrons. The molecule has 4 nitrogen and oxygen atoms in total. The molecule has 0 heterocycles. The van der Waals surface area contributed by atoms with Crippen molar-refractivity contribution in [3.63, 3.8) is 0 Å². The Morgan fingerprint density at radius 2 is 1.90 bits per heavy atom. The Labute approximate surface area is 128 Å². The first kappa shape index (κ1) is 17.5. The predicted octanol–water partition coefficient (Wildman–Crippen LogP) is 2.78. The standard InChI is InChI=1S/C17H29N3O/c1-12(2)20(11-14-8-7-9-15(18)10-14)13(3)16(21)19-17(4,5)6/h7-10,12-13H,11,18H2,1-6H3,(H,19,21). The molecule has 3 N–H and O–H groups in total. The van der Waals surface area contributed by atoms with Crippen molar-refractivity contribution in [1.82, 2.24) is 10.2 Å². The third-order valence-corrected chi connectivity index (χ3v) is 3.35. The molecule has 0 aliphatic carbocycles. The Morgan fingerprint density at radius 1 is 1.29 bits per heavy atom. The summed E-state index contributed by atoms with van der Waals surface area (Å²) in [4.78, 5) is 14.6. The number of hydrogen-bond donors (Lipinski definition) is 2. The molecule has 1 atom stereocenters. The molecule has 0 aromatic heterocycles. The zero-order valence-corrected chi connectivity index (χ0v) is 14.1. The fourth-order valence-corrected chi connectivity index (χ4v) is 2.29. The molecule has 1 amide bonds. The van der Waals surface area contributed by atoms with Crippen LogP contribution in [0, 0.1) is 0 Å². The number of carbonyl (C=O) groups excluding carboxylic acids is 1. The Bertz CT molecular complexity index is 477. The summed E-state index contributed by atoms with van der Waals surface area (Å²) in [6.07, 6.45) is 0. The number of nitrogen functional groups attached to an aromatic ring is 1. The van der Waals surface area contributed by atoms with Gasteiger partial charge in [-0.15, -0.1) is 0 Å². The second-order valence-corrected chi connectivity index (χ2v) is 6.93. The fourth-order valence-electron chi connectivity index (χ4n) is 2.29. The van der Waals surface area contributed by atoms with E-state index in [4.69, 9.17) is 5.73 Å². The average molecular weight is 291 g/mol. The van der Waals surface area contributed by atoms with Crippen LogP contribution in [0.5, 0.6) is 0 Å². The van der Waals surface area contributed by atoms with Crippen LogP contribution in [0.25, 0.3) is 0 Å². The normalized spacial score (nSPS) is 13.5. The molecule has 1 unspecified atom stereocenters. The van der Waals surface area contributed by atoms with Crippen molar-refractivity contribution in [2.45, 2.75) is 65.7 Å². The van der Waals surface area contributed by atoms with Gasteiger partial charge in [-0.25, -0.2) is 0 Å². The van der Waals surface area contributed by atoms with Crippen LogP contribution < -0.4 is 11.1 Å². The van der Waals surface area contributed by atoms with Gasteiger partial charge in [-0.3, -0.25) is 9.69 Å².